The normalized spacial score (nSPS) is 15.6. The second-order valence-corrected chi connectivity index (χ2v) is 15.8. The number of hydrogen-bond acceptors (Lipinski definition) is 6. The molecule has 57 heavy (non-hydrogen) atoms. The molecular formula is C51H32N4OS. The van der Waals surface area contributed by atoms with E-state index in [1.165, 1.54) is 42.9 Å². The second-order valence-electron chi connectivity index (χ2n) is 14.7. The first-order chi connectivity index (χ1) is 28.3. The van der Waals surface area contributed by atoms with Gasteiger partial charge in [0.1, 0.15) is 11.3 Å². The lowest BCUT2D eigenvalue weighted by atomic mass is 9.82. The molecule has 5 nitrogen and oxygen atoms in total. The summed E-state index contributed by atoms with van der Waals surface area (Å²) in [4.78, 5) is 18.4. The average molecular weight is 749 g/mol. The van der Waals surface area contributed by atoms with Crippen LogP contribution in [0, 0.1) is 0 Å². The summed E-state index contributed by atoms with van der Waals surface area (Å²) in [6.07, 6.45) is 4.45. The summed E-state index contributed by atoms with van der Waals surface area (Å²) in [5, 5.41) is 3.41. The van der Waals surface area contributed by atoms with Gasteiger partial charge in [0.2, 0.25) is 0 Å². The third kappa shape index (κ3) is 5.04. The number of anilines is 2. The number of thiophene rings is 1. The molecule has 1 aliphatic carbocycles. The number of benzene rings is 7. The van der Waals surface area contributed by atoms with Crippen LogP contribution in [0.2, 0.25) is 0 Å². The third-order valence-corrected chi connectivity index (χ3v) is 12.6. The standard InChI is InChI=1S/C51H32N4OS/c1-3-13-31(14-4-1)32-25-27-33(28-26-32)49-52-50(37-20-12-24-44-45(37)36-18-8-10-23-43(36)57-44)54-51(53-49)38-19-11-22-41-47(38)48-42(56-41)30-29-40-46(48)35-17-7-9-21-39(35)55(40)34-15-5-2-6-16-34/h1-30,40,46H. The van der Waals surface area contributed by atoms with Crippen molar-refractivity contribution in [3.05, 3.63) is 193 Å². The highest BCUT2D eigenvalue weighted by Crippen LogP contribution is 2.54. The van der Waals surface area contributed by atoms with Gasteiger partial charge in [0.05, 0.1) is 6.04 Å². The second kappa shape index (κ2) is 12.7. The molecule has 0 saturated carbocycles. The molecule has 3 aromatic heterocycles. The van der Waals surface area contributed by atoms with Gasteiger partial charge >= 0.3 is 0 Å². The van der Waals surface area contributed by atoms with Crippen molar-refractivity contribution in [2.24, 2.45) is 0 Å². The van der Waals surface area contributed by atoms with Crippen LogP contribution in [0.25, 0.3) is 82.5 Å². The molecule has 1 aliphatic heterocycles. The first-order valence-electron chi connectivity index (χ1n) is 19.3. The van der Waals surface area contributed by atoms with Crippen LogP contribution in [-0.2, 0) is 0 Å². The first kappa shape index (κ1) is 32.1. The highest BCUT2D eigenvalue weighted by atomic mass is 32.1. The molecule has 0 saturated heterocycles. The summed E-state index contributed by atoms with van der Waals surface area (Å²) >= 11 is 1.80. The average Bonchev–Trinajstić information content (AvgIpc) is 3.96. The van der Waals surface area contributed by atoms with Gasteiger partial charge in [0.25, 0.3) is 0 Å². The molecule has 0 radical (unpaired) electrons. The predicted molar refractivity (Wildman–Crippen MR) is 234 cm³/mol. The Labute approximate surface area is 332 Å². The zero-order chi connectivity index (χ0) is 37.5. The molecule has 10 aromatic rings. The summed E-state index contributed by atoms with van der Waals surface area (Å²) in [5.74, 6) is 2.81. The van der Waals surface area contributed by atoms with E-state index >= 15 is 0 Å². The zero-order valence-electron chi connectivity index (χ0n) is 30.6. The number of nitrogens with zero attached hydrogens (tertiary/aromatic N) is 4. The number of rotatable bonds is 5. The lowest BCUT2D eigenvalue weighted by molar-refractivity contribution is 0.584. The van der Waals surface area contributed by atoms with E-state index in [1.807, 2.05) is 6.07 Å². The van der Waals surface area contributed by atoms with Gasteiger partial charge in [0, 0.05) is 65.1 Å². The Morgan fingerprint density at radius 2 is 1.14 bits per heavy atom. The van der Waals surface area contributed by atoms with E-state index in [1.54, 1.807) is 11.3 Å². The van der Waals surface area contributed by atoms with Crippen LogP contribution in [0.5, 0.6) is 0 Å². The molecule has 0 N–H and O–H groups in total. The van der Waals surface area contributed by atoms with E-state index in [4.69, 9.17) is 19.4 Å². The Bertz CT molecular complexity index is 3200. The summed E-state index contributed by atoms with van der Waals surface area (Å²) < 4.78 is 9.17. The molecular weight excluding hydrogens is 717 g/mol. The Kier molecular flexibility index (Phi) is 7.16. The van der Waals surface area contributed by atoms with Crippen LogP contribution in [0.4, 0.5) is 11.4 Å². The Morgan fingerprint density at radius 1 is 0.509 bits per heavy atom. The minimum atomic E-state index is 0.0426. The summed E-state index contributed by atoms with van der Waals surface area (Å²) in [6, 6.07) is 59.8. The molecule has 4 heterocycles. The lowest BCUT2D eigenvalue weighted by Gasteiger charge is -2.30. The SMILES string of the molecule is C1=CC2C(c3ccccc3N2c2ccccc2)c2c1oc1cccc(-c3nc(-c4ccc(-c5ccccc5)cc4)nc(-c4cccc5sc6ccccc6c45)n3)c21. The monoisotopic (exact) mass is 748 g/mol. The van der Waals surface area contributed by atoms with Crippen molar-refractivity contribution in [1.82, 2.24) is 15.0 Å². The quantitative estimate of drug-likeness (QED) is 0.175. The third-order valence-electron chi connectivity index (χ3n) is 11.5. The maximum absolute atomic E-state index is 6.72. The minimum absolute atomic E-state index is 0.0426. The Morgan fingerprint density at radius 3 is 1.96 bits per heavy atom. The molecule has 2 atom stereocenters. The molecule has 2 unspecified atom stereocenters. The van der Waals surface area contributed by atoms with Gasteiger partial charge < -0.3 is 9.32 Å². The molecule has 12 rings (SSSR count). The molecule has 6 heteroatoms. The molecule has 0 fully saturated rings. The van der Waals surface area contributed by atoms with E-state index in [9.17, 15) is 0 Å². The molecule has 0 bridgehead atoms. The van der Waals surface area contributed by atoms with E-state index in [-0.39, 0.29) is 12.0 Å². The predicted octanol–water partition coefficient (Wildman–Crippen LogP) is 13.3. The number of fused-ring (bicyclic) bond motifs is 10. The fraction of sp³-hybridized carbons (Fsp3) is 0.0392. The summed E-state index contributed by atoms with van der Waals surface area (Å²) in [7, 11) is 0. The fourth-order valence-corrected chi connectivity index (χ4v) is 10.2. The van der Waals surface area contributed by atoms with E-state index in [2.05, 4.69) is 181 Å². The maximum Gasteiger partial charge on any atom is 0.164 e. The van der Waals surface area contributed by atoms with Crippen LogP contribution in [0.3, 0.4) is 0 Å². The highest BCUT2D eigenvalue weighted by molar-refractivity contribution is 7.25. The van der Waals surface area contributed by atoms with Crippen molar-refractivity contribution in [2.75, 3.05) is 4.90 Å². The van der Waals surface area contributed by atoms with Crippen molar-refractivity contribution in [2.45, 2.75) is 12.0 Å². The van der Waals surface area contributed by atoms with Crippen molar-refractivity contribution < 1.29 is 4.42 Å². The van der Waals surface area contributed by atoms with Gasteiger partial charge in [-0.2, -0.15) is 0 Å². The van der Waals surface area contributed by atoms with Crippen LogP contribution in [0.15, 0.2) is 180 Å². The van der Waals surface area contributed by atoms with Gasteiger partial charge in [-0.3, -0.25) is 0 Å². The fourth-order valence-electron chi connectivity index (χ4n) is 9.03. The van der Waals surface area contributed by atoms with Crippen LogP contribution in [-0.4, -0.2) is 21.0 Å². The molecule has 0 spiro atoms. The van der Waals surface area contributed by atoms with Crippen LogP contribution < -0.4 is 4.90 Å². The number of aromatic nitrogens is 3. The minimum Gasteiger partial charge on any atom is -0.456 e. The van der Waals surface area contributed by atoms with Gasteiger partial charge in [-0.05, 0) is 59.2 Å². The Balaban J connectivity index is 1.08. The maximum atomic E-state index is 6.72. The smallest absolute Gasteiger partial charge is 0.164 e. The molecule has 2 aliphatic rings. The summed E-state index contributed by atoms with van der Waals surface area (Å²) in [5.41, 5.74) is 10.8. The highest BCUT2D eigenvalue weighted by Gasteiger charge is 2.43. The van der Waals surface area contributed by atoms with Crippen molar-refractivity contribution in [3.63, 3.8) is 0 Å². The largest absolute Gasteiger partial charge is 0.456 e. The molecule has 268 valence electrons. The summed E-state index contributed by atoms with van der Waals surface area (Å²) in [6.45, 7) is 0. The molecule has 0 amide bonds. The lowest BCUT2D eigenvalue weighted by Crippen LogP contribution is -2.30. The van der Waals surface area contributed by atoms with Crippen LogP contribution in [0.1, 0.15) is 22.8 Å². The number of furan rings is 1. The zero-order valence-corrected chi connectivity index (χ0v) is 31.4. The van der Waals surface area contributed by atoms with Gasteiger partial charge in [-0.25, -0.2) is 15.0 Å². The number of para-hydroxylation sites is 2. The van der Waals surface area contributed by atoms with E-state index < -0.39 is 0 Å². The first-order valence-corrected chi connectivity index (χ1v) is 20.1. The van der Waals surface area contributed by atoms with Gasteiger partial charge in [-0.1, -0.05) is 140 Å². The topological polar surface area (TPSA) is 55.1 Å². The van der Waals surface area contributed by atoms with Crippen molar-refractivity contribution in [1.29, 1.82) is 0 Å². The van der Waals surface area contributed by atoms with E-state index in [0.29, 0.717) is 17.5 Å². The van der Waals surface area contributed by atoms with Crippen molar-refractivity contribution in [3.8, 4) is 45.3 Å². The van der Waals surface area contributed by atoms with Gasteiger partial charge in [0.15, 0.2) is 17.5 Å². The van der Waals surface area contributed by atoms with Crippen LogP contribution >= 0.6 is 11.3 Å². The Hall–Kier alpha value is -7.15. The van der Waals surface area contributed by atoms with Crippen molar-refractivity contribution >= 4 is 59.9 Å². The van der Waals surface area contributed by atoms with Gasteiger partial charge in [-0.15, -0.1) is 11.3 Å². The van der Waals surface area contributed by atoms with E-state index in [0.717, 1.165) is 44.4 Å². The number of hydrogen-bond donors (Lipinski definition) is 0. The molecule has 7 aromatic carbocycles.